The third-order valence-corrected chi connectivity index (χ3v) is 3.70. The van der Waals surface area contributed by atoms with Crippen LogP contribution in [0.25, 0.3) is 0 Å². The van der Waals surface area contributed by atoms with Crippen molar-refractivity contribution in [3.8, 4) is 5.75 Å². The van der Waals surface area contributed by atoms with E-state index < -0.39 is 0 Å². The van der Waals surface area contributed by atoms with E-state index in [-0.39, 0.29) is 11.9 Å². The second-order valence-corrected chi connectivity index (χ2v) is 5.12. The molecule has 4 heteroatoms. The monoisotopic (exact) mass is 282 g/mol. The van der Waals surface area contributed by atoms with E-state index in [2.05, 4.69) is 22.8 Å². The van der Waals surface area contributed by atoms with Gasteiger partial charge in [-0.3, -0.25) is 4.79 Å². The van der Waals surface area contributed by atoms with Crippen molar-refractivity contribution in [2.24, 2.45) is 0 Å². The van der Waals surface area contributed by atoms with Gasteiger partial charge in [0.05, 0.1) is 18.5 Å². The first-order chi connectivity index (χ1) is 10.3. The number of methoxy groups -OCH3 is 1. The van der Waals surface area contributed by atoms with Gasteiger partial charge in [0, 0.05) is 6.07 Å². The molecular weight excluding hydrogens is 264 g/mol. The van der Waals surface area contributed by atoms with Crippen LogP contribution in [-0.2, 0) is 11.2 Å². The molecule has 0 saturated heterocycles. The van der Waals surface area contributed by atoms with E-state index >= 15 is 0 Å². The van der Waals surface area contributed by atoms with Crippen LogP contribution in [0.1, 0.15) is 12.0 Å². The molecule has 4 nitrogen and oxygen atoms in total. The first-order valence-corrected chi connectivity index (χ1v) is 7.05. The summed E-state index contributed by atoms with van der Waals surface area (Å²) in [6.07, 6.45) is 1.62. The van der Waals surface area contributed by atoms with Crippen LogP contribution < -0.4 is 15.4 Å². The van der Waals surface area contributed by atoms with Crippen LogP contribution in [0.2, 0.25) is 0 Å². The Morgan fingerprint density at radius 1 is 1.10 bits per heavy atom. The standard InChI is InChI=1S/C17H18N2O2/c1-21-13-8-10-14-16(11-13)18-15(17(20)19-14)9-7-12-5-3-2-4-6-12/h2-6,8,10-11,15,18H,7,9H2,1H3,(H,19,20). The van der Waals surface area contributed by atoms with E-state index in [9.17, 15) is 4.79 Å². The molecule has 21 heavy (non-hydrogen) atoms. The molecule has 3 rings (SSSR count). The number of anilines is 2. The van der Waals surface area contributed by atoms with Crippen molar-refractivity contribution in [1.29, 1.82) is 0 Å². The lowest BCUT2D eigenvalue weighted by molar-refractivity contribution is -0.117. The van der Waals surface area contributed by atoms with Crippen molar-refractivity contribution < 1.29 is 9.53 Å². The lowest BCUT2D eigenvalue weighted by Gasteiger charge is -2.27. The van der Waals surface area contributed by atoms with Crippen molar-refractivity contribution >= 4 is 17.3 Å². The molecule has 2 aromatic rings. The highest BCUT2D eigenvalue weighted by Crippen LogP contribution is 2.31. The fourth-order valence-electron chi connectivity index (χ4n) is 2.51. The van der Waals surface area contributed by atoms with Gasteiger partial charge < -0.3 is 15.4 Å². The van der Waals surface area contributed by atoms with Crippen LogP contribution in [0.5, 0.6) is 5.75 Å². The summed E-state index contributed by atoms with van der Waals surface area (Å²) < 4.78 is 5.22. The molecule has 1 heterocycles. The largest absolute Gasteiger partial charge is 0.497 e. The fourth-order valence-corrected chi connectivity index (χ4v) is 2.51. The van der Waals surface area contributed by atoms with Crippen LogP contribution in [0, 0.1) is 0 Å². The van der Waals surface area contributed by atoms with E-state index in [1.54, 1.807) is 7.11 Å². The Bertz CT molecular complexity index is 640. The van der Waals surface area contributed by atoms with Gasteiger partial charge in [0.2, 0.25) is 5.91 Å². The summed E-state index contributed by atoms with van der Waals surface area (Å²) in [5.74, 6) is 0.794. The van der Waals surface area contributed by atoms with Crippen molar-refractivity contribution in [2.75, 3.05) is 17.7 Å². The minimum absolute atomic E-state index is 0.0172. The molecule has 0 bridgehead atoms. The molecule has 2 aromatic carbocycles. The molecule has 0 radical (unpaired) electrons. The first-order valence-electron chi connectivity index (χ1n) is 7.05. The predicted molar refractivity (Wildman–Crippen MR) is 83.8 cm³/mol. The van der Waals surface area contributed by atoms with Gasteiger partial charge in [0.25, 0.3) is 0 Å². The van der Waals surface area contributed by atoms with Gasteiger partial charge in [0.15, 0.2) is 0 Å². The number of fused-ring (bicyclic) bond motifs is 1. The van der Waals surface area contributed by atoms with Gasteiger partial charge >= 0.3 is 0 Å². The SMILES string of the molecule is COc1ccc2c(c1)NC(CCc1ccccc1)C(=O)N2. The summed E-state index contributed by atoms with van der Waals surface area (Å²) in [6, 6.07) is 15.6. The molecule has 0 aliphatic carbocycles. The Balaban J connectivity index is 1.71. The topological polar surface area (TPSA) is 50.4 Å². The number of hydrogen-bond donors (Lipinski definition) is 2. The zero-order valence-corrected chi connectivity index (χ0v) is 11.9. The Hall–Kier alpha value is -2.49. The number of benzene rings is 2. The number of nitrogens with one attached hydrogen (secondary N) is 2. The van der Waals surface area contributed by atoms with E-state index in [4.69, 9.17) is 4.74 Å². The van der Waals surface area contributed by atoms with Crippen LogP contribution in [0.3, 0.4) is 0 Å². The van der Waals surface area contributed by atoms with Gasteiger partial charge in [0.1, 0.15) is 11.8 Å². The van der Waals surface area contributed by atoms with Crippen LogP contribution in [-0.4, -0.2) is 19.1 Å². The molecule has 1 aliphatic rings. The zero-order valence-electron chi connectivity index (χ0n) is 11.9. The summed E-state index contributed by atoms with van der Waals surface area (Å²) in [5, 5.41) is 6.24. The van der Waals surface area contributed by atoms with E-state index in [1.165, 1.54) is 5.56 Å². The molecule has 108 valence electrons. The van der Waals surface area contributed by atoms with Crippen LogP contribution >= 0.6 is 0 Å². The number of aryl methyl sites for hydroxylation is 1. The number of carbonyl (C=O) groups excluding carboxylic acids is 1. The minimum Gasteiger partial charge on any atom is -0.497 e. The molecule has 0 fully saturated rings. The third-order valence-electron chi connectivity index (χ3n) is 3.70. The molecule has 1 aliphatic heterocycles. The zero-order chi connectivity index (χ0) is 14.7. The first kappa shape index (κ1) is 13.5. The van der Waals surface area contributed by atoms with Crippen molar-refractivity contribution in [3.63, 3.8) is 0 Å². The lowest BCUT2D eigenvalue weighted by atomic mass is 10.0. The Morgan fingerprint density at radius 2 is 1.90 bits per heavy atom. The maximum absolute atomic E-state index is 12.1. The molecular formula is C17H18N2O2. The highest BCUT2D eigenvalue weighted by atomic mass is 16.5. The Kier molecular flexibility index (Phi) is 3.77. The molecule has 0 saturated carbocycles. The molecule has 1 unspecified atom stereocenters. The fraction of sp³-hybridized carbons (Fsp3) is 0.235. The van der Waals surface area contributed by atoms with E-state index in [0.29, 0.717) is 0 Å². The number of hydrogen-bond acceptors (Lipinski definition) is 3. The number of rotatable bonds is 4. The van der Waals surface area contributed by atoms with Gasteiger partial charge in [-0.05, 0) is 30.5 Å². The summed E-state index contributed by atoms with van der Waals surface area (Å²) in [4.78, 5) is 12.1. The number of amides is 1. The minimum atomic E-state index is -0.218. The molecule has 0 spiro atoms. The van der Waals surface area contributed by atoms with Gasteiger partial charge in [-0.25, -0.2) is 0 Å². The summed E-state index contributed by atoms with van der Waals surface area (Å²) in [7, 11) is 1.63. The second-order valence-electron chi connectivity index (χ2n) is 5.12. The van der Waals surface area contributed by atoms with Crippen LogP contribution in [0.4, 0.5) is 11.4 Å². The summed E-state index contributed by atoms with van der Waals surface area (Å²) in [5.41, 5.74) is 2.95. The maximum atomic E-state index is 12.1. The number of ether oxygens (including phenoxy) is 1. The van der Waals surface area contributed by atoms with Gasteiger partial charge in [-0.1, -0.05) is 30.3 Å². The van der Waals surface area contributed by atoms with Crippen molar-refractivity contribution in [2.45, 2.75) is 18.9 Å². The van der Waals surface area contributed by atoms with E-state index in [0.717, 1.165) is 30.0 Å². The summed E-state index contributed by atoms with van der Waals surface area (Å²) >= 11 is 0. The number of carbonyl (C=O) groups is 1. The second kappa shape index (κ2) is 5.87. The Labute approximate surface area is 124 Å². The maximum Gasteiger partial charge on any atom is 0.246 e. The highest BCUT2D eigenvalue weighted by Gasteiger charge is 2.25. The van der Waals surface area contributed by atoms with Crippen LogP contribution in [0.15, 0.2) is 48.5 Å². The molecule has 1 amide bonds. The van der Waals surface area contributed by atoms with Gasteiger partial charge in [-0.15, -0.1) is 0 Å². The van der Waals surface area contributed by atoms with Gasteiger partial charge in [-0.2, -0.15) is 0 Å². The summed E-state index contributed by atoms with van der Waals surface area (Å²) in [6.45, 7) is 0. The smallest absolute Gasteiger partial charge is 0.246 e. The third kappa shape index (κ3) is 2.99. The van der Waals surface area contributed by atoms with E-state index in [1.807, 2.05) is 36.4 Å². The molecule has 2 N–H and O–H groups in total. The normalized spacial score (nSPS) is 16.6. The quantitative estimate of drug-likeness (QED) is 0.906. The average Bonchev–Trinajstić information content (AvgIpc) is 2.53. The lowest BCUT2D eigenvalue weighted by Crippen LogP contribution is -2.39. The Morgan fingerprint density at radius 3 is 2.67 bits per heavy atom. The van der Waals surface area contributed by atoms with Crippen molar-refractivity contribution in [3.05, 3.63) is 54.1 Å². The van der Waals surface area contributed by atoms with Crippen molar-refractivity contribution in [1.82, 2.24) is 0 Å². The average molecular weight is 282 g/mol. The predicted octanol–water partition coefficient (Wildman–Crippen LogP) is 3.06. The molecule has 0 aromatic heterocycles. The molecule has 1 atom stereocenters. The highest BCUT2D eigenvalue weighted by molar-refractivity contribution is 6.03.